The van der Waals surface area contributed by atoms with E-state index in [2.05, 4.69) is 38.1 Å². The number of ether oxygens (including phenoxy) is 11. The fourth-order valence-corrected chi connectivity index (χ4v) is 15.8. The van der Waals surface area contributed by atoms with E-state index in [4.69, 9.17) is 56.7 Å². The molecule has 77 heavy (non-hydrogen) atoms. The van der Waals surface area contributed by atoms with Gasteiger partial charge >= 0.3 is 16.4 Å². The second-order valence-corrected chi connectivity index (χ2v) is 26.8. The third kappa shape index (κ3) is 10.9. The summed E-state index contributed by atoms with van der Waals surface area (Å²) in [6.07, 6.45) is 3.50. The van der Waals surface area contributed by atoms with E-state index < -0.39 is 99.1 Å². The first-order valence-electron chi connectivity index (χ1n) is 28.5. The SMILES string of the molecule is C=CCC(C=CC(C)(O)C1OC2CC3OC4CC5OC6CC7OC8CC9OC%10CC%11OC(C)(CCCOS(=O)(=O)O)C(O)CC%11OC%10CC9OC8CCC7(C)OC6(C)CCC(C)C5OC4C(O)C3(C)OC2CC1=C)C(=O)O. The third-order valence-electron chi connectivity index (χ3n) is 20.0. The molecular weight excluding hydrogens is 1020 g/mol. The second-order valence-electron chi connectivity index (χ2n) is 25.7. The fourth-order valence-electron chi connectivity index (χ4n) is 15.5. The molecule has 11 saturated heterocycles. The highest BCUT2D eigenvalue weighted by Crippen LogP contribution is 2.54. The molecule has 21 heteroatoms. The highest BCUT2D eigenvalue weighted by molar-refractivity contribution is 7.80. The maximum atomic E-state index is 12.3. The Balaban J connectivity index is 0.739. The van der Waals surface area contributed by atoms with E-state index in [0.717, 1.165) is 25.7 Å². The summed E-state index contributed by atoms with van der Waals surface area (Å²) in [6.45, 7) is 19.5. The van der Waals surface area contributed by atoms with Gasteiger partial charge in [0.25, 0.3) is 0 Å². The Morgan fingerprint density at radius 2 is 1.31 bits per heavy atom. The van der Waals surface area contributed by atoms with Crippen molar-refractivity contribution in [3.63, 3.8) is 0 Å². The van der Waals surface area contributed by atoms with Gasteiger partial charge in [-0.1, -0.05) is 31.7 Å². The molecule has 11 aliphatic heterocycles. The lowest BCUT2D eigenvalue weighted by Gasteiger charge is -2.61. The minimum Gasteiger partial charge on any atom is -0.481 e. The number of fused-ring (bicyclic) bond motifs is 10. The van der Waals surface area contributed by atoms with Crippen molar-refractivity contribution in [3.05, 3.63) is 37.0 Å². The van der Waals surface area contributed by atoms with Gasteiger partial charge in [-0.2, -0.15) is 8.42 Å². The molecule has 0 amide bonds. The molecule has 0 spiro atoms. The van der Waals surface area contributed by atoms with Crippen LogP contribution in [-0.4, -0.2) is 196 Å². The van der Waals surface area contributed by atoms with Crippen molar-refractivity contribution >= 4 is 16.4 Å². The predicted molar refractivity (Wildman–Crippen MR) is 272 cm³/mol. The van der Waals surface area contributed by atoms with Crippen LogP contribution in [0, 0.1) is 11.8 Å². The van der Waals surface area contributed by atoms with Crippen LogP contribution in [0.5, 0.6) is 0 Å². The quantitative estimate of drug-likeness (QED) is 0.106. The van der Waals surface area contributed by atoms with E-state index in [1.54, 1.807) is 6.92 Å². The first-order chi connectivity index (χ1) is 36.3. The number of hydrogen-bond acceptors (Lipinski definition) is 18. The summed E-state index contributed by atoms with van der Waals surface area (Å²) < 4.78 is 112. The van der Waals surface area contributed by atoms with Crippen molar-refractivity contribution in [1.82, 2.24) is 0 Å². The molecule has 11 rings (SSSR count). The molecule has 0 bridgehead atoms. The Hall–Kier alpha value is -2.00. The molecule has 0 aromatic carbocycles. The molecule has 0 aliphatic carbocycles. The predicted octanol–water partition coefficient (Wildman–Crippen LogP) is 4.77. The Kier molecular flexibility index (Phi) is 15.5. The van der Waals surface area contributed by atoms with Crippen LogP contribution in [0.3, 0.4) is 0 Å². The van der Waals surface area contributed by atoms with Gasteiger partial charge < -0.3 is 72.5 Å². The van der Waals surface area contributed by atoms with E-state index in [0.29, 0.717) is 63.4 Å². The van der Waals surface area contributed by atoms with E-state index in [1.165, 1.54) is 18.2 Å². The van der Waals surface area contributed by atoms with Crippen LogP contribution < -0.4 is 0 Å². The Bertz CT molecular complexity index is 2350. The molecule has 27 unspecified atom stereocenters. The van der Waals surface area contributed by atoms with Gasteiger partial charge in [-0.25, -0.2) is 4.18 Å². The molecule has 434 valence electrons. The average Bonchev–Trinajstić information content (AvgIpc) is 3.56. The van der Waals surface area contributed by atoms with Crippen molar-refractivity contribution in [2.45, 2.75) is 288 Å². The lowest BCUT2D eigenvalue weighted by Crippen LogP contribution is -2.74. The van der Waals surface area contributed by atoms with E-state index in [1.807, 2.05) is 13.8 Å². The van der Waals surface area contributed by atoms with Crippen molar-refractivity contribution in [3.8, 4) is 0 Å². The van der Waals surface area contributed by atoms with Crippen LogP contribution in [-0.2, 0) is 71.5 Å². The van der Waals surface area contributed by atoms with Crippen LogP contribution in [0.25, 0.3) is 0 Å². The molecule has 11 fully saturated rings. The third-order valence-corrected chi connectivity index (χ3v) is 20.4. The number of carboxylic acid groups (broad SMARTS) is 1. The van der Waals surface area contributed by atoms with Gasteiger partial charge in [0.05, 0.1) is 133 Å². The summed E-state index contributed by atoms with van der Waals surface area (Å²) in [5, 5.41) is 44.9. The second kappa shape index (κ2) is 21.0. The van der Waals surface area contributed by atoms with Crippen molar-refractivity contribution in [2.24, 2.45) is 11.8 Å². The fraction of sp³-hybridized carbons (Fsp3) is 0.875. The number of rotatable bonds is 11. The van der Waals surface area contributed by atoms with E-state index >= 15 is 0 Å². The number of carbonyl (C=O) groups is 1. The van der Waals surface area contributed by atoms with Crippen molar-refractivity contribution < 1.29 is 94.5 Å². The highest BCUT2D eigenvalue weighted by atomic mass is 32.3. The lowest BCUT2D eigenvalue weighted by molar-refractivity contribution is -0.369. The van der Waals surface area contributed by atoms with Gasteiger partial charge in [0.2, 0.25) is 0 Å². The smallest absolute Gasteiger partial charge is 0.397 e. The first-order valence-corrected chi connectivity index (χ1v) is 29.8. The molecule has 11 aliphatic rings. The summed E-state index contributed by atoms with van der Waals surface area (Å²) in [5.74, 6) is -1.80. The molecule has 11 heterocycles. The largest absolute Gasteiger partial charge is 0.481 e. The van der Waals surface area contributed by atoms with Gasteiger partial charge in [-0.05, 0) is 97.5 Å². The minimum atomic E-state index is -4.57. The maximum Gasteiger partial charge on any atom is 0.397 e. The number of allylic oxidation sites excluding steroid dienone is 1. The Morgan fingerprint density at radius 3 is 1.97 bits per heavy atom. The molecule has 0 aromatic rings. The zero-order chi connectivity index (χ0) is 54.8. The molecular formula is C56H84O20S. The first kappa shape index (κ1) is 56.8. The zero-order valence-corrected chi connectivity index (χ0v) is 46.2. The summed E-state index contributed by atoms with van der Waals surface area (Å²) in [5.41, 5.74) is -4.29. The van der Waals surface area contributed by atoms with E-state index in [-0.39, 0.29) is 98.6 Å². The summed E-state index contributed by atoms with van der Waals surface area (Å²) in [4.78, 5) is 11.9. The normalized spacial score (nSPS) is 51.7. The number of aliphatic hydroxyl groups excluding tert-OH is 2. The number of aliphatic hydroxyl groups is 3. The molecule has 20 nitrogen and oxygen atoms in total. The van der Waals surface area contributed by atoms with Crippen molar-refractivity contribution in [1.29, 1.82) is 0 Å². The van der Waals surface area contributed by atoms with Gasteiger partial charge in [0.1, 0.15) is 29.5 Å². The molecule has 5 N–H and O–H groups in total. The van der Waals surface area contributed by atoms with Gasteiger partial charge in [-0.15, -0.1) is 6.58 Å². The van der Waals surface area contributed by atoms with Gasteiger partial charge in [0.15, 0.2) is 0 Å². The van der Waals surface area contributed by atoms with E-state index in [9.17, 15) is 33.6 Å². The number of hydrogen-bond donors (Lipinski definition) is 5. The molecule has 27 atom stereocenters. The maximum absolute atomic E-state index is 12.3. The van der Waals surface area contributed by atoms with Crippen LogP contribution in [0.1, 0.15) is 138 Å². The average molecular weight is 1110 g/mol. The number of aliphatic carboxylic acids is 1. The summed E-state index contributed by atoms with van der Waals surface area (Å²) in [6, 6.07) is 0. The lowest BCUT2D eigenvalue weighted by atomic mass is 9.73. The Morgan fingerprint density at radius 1 is 0.740 bits per heavy atom. The van der Waals surface area contributed by atoms with Crippen LogP contribution in [0.15, 0.2) is 37.0 Å². The zero-order valence-electron chi connectivity index (χ0n) is 45.4. The standard InChI is InChI=1S/C56H84O20S/c1-9-11-30(51(59)60)13-16-52(4,61)50-29(3)20-39-38(72-50)26-46-56(8,75-39)49(58)48-42(71-46)24-41-47(73-48)28(2)12-17-54(6)45(70-41)27-44-55(7,76-54)18-14-31-32(69-44)21-34-33(66-31)22-35-36(67-34)23-40-37(68-35)25-43(57)53(5,74-40)15-10-19-65-77(62,63)64/h9,13,16,28,30-50,57-58,61H,1,3,10-12,14-15,17-27H2,2,4-8H3,(H,59,60)(H,62,63,64). The summed E-state index contributed by atoms with van der Waals surface area (Å²) in [7, 11) is -4.57. The molecule has 0 radical (unpaired) electrons. The topological polar surface area (TPSA) is 263 Å². The highest BCUT2D eigenvalue weighted by Gasteiger charge is 2.65. The summed E-state index contributed by atoms with van der Waals surface area (Å²) >= 11 is 0. The van der Waals surface area contributed by atoms with Crippen LogP contribution in [0.4, 0.5) is 0 Å². The molecule has 0 saturated carbocycles. The Labute approximate surface area is 452 Å². The number of carboxylic acids is 1. The monoisotopic (exact) mass is 1110 g/mol. The molecule has 0 aromatic heterocycles. The van der Waals surface area contributed by atoms with Crippen LogP contribution in [0.2, 0.25) is 0 Å². The minimum absolute atomic E-state index is 0.0713. The van der Waals surface area contributed by atoms with Crippen LogP contribution >= 0.6 is 0 Å². The van der Waals surface area contributed by atoms with Crippen molar-refractivity contribution in [2.75, 3.05) is 6.61 Å². The van der Waals surface area contributed by atoms with Gasteiger partial charge in [0, 0.05) is 44.9 Å². The van der Waals surface area contributed by atoms with Gasteiger partial charge in [-0.3, -0.25) is 9.35 Å².